The maximum absolute atomic E-state index is 13.4. The standard InChI is InChI=1S/C41H42N8O5S/c42-38-36-37(26-15-17-29(18-16-26)54-28-10-3-1-4-11-28)46-49(39(36)44-25-43-38)27-9-8-21-47(23-27)35(51)14-5-2-6-22-55-33-13-7-12-30-31(33)24-48(41(30)53)32-19-20-34(50)45-40(32)52/h1,3-4,7,10-13,15-18,25,27,32H,2,5-6,8-9,14,19-24H2,(H2,42,43,44)(H,45,50,52)/t27-,32?/m1/s1. The van der Waals surface area contributed by atoms with Gasteiger partial charge in [0.2, 0.25) is 17.7 Å². The molecule has 2 saturated heterocycles. The van der Waals surface area contributed by atoms with Gasteiger partial charge >= 0.3 is 0 Å². The predicted octanol–water partition coefficient (Wildman–Crippen LogP) is 6.15. The van der Waals surface area contributed by atoms with Crippen molar-refractivity contribution in [2.75, 3.05) is 24.6 Å². The summed E-state index contributed by atoms with van der Waals surface area (Å²) in [6.45, 7) is 1.62. The number of anilines is 1. The minimum atomic E-state index is -0.628. The van der Waals surface area contributed by atoms with E-state index in [-0.39, 0.29) is 30.2 Å². The van der Waals surface area contributed by atoms with Gasteiger partial charge in [0, 0.05) is 48.5 Å². The molecule has 3 aliphatic heterocycles. The molecule has 0 radical (unpaired) electrons. The van der Waals surface area contributed by atoms with Gasteiger partial charge in [0.1, 0.15) is 35.4 Å². The van der Waals surface area contributed by atoms with E-state index in [1.54, 1.807) is 16.7 Å². The van der Waals surface area contributed by atoms with Gasteiger partial charge in [0.05, 0.1) is 11.4 Å². The van der Waals surface area contributed by atoms with Crippen molar-refractivity contribution >= 4 is 52.2 Å². The van der Waals surface area contributed by atoms with Gasteiger partial charge in [-0.05, 0) is 92.0 Å². The molecule has 3 aliphatic rings. The summed E-state index contributed by atoms with van der Waals surface area (Å²) in [7, 11) is 0. The topological polar surface area (TPSA) is 166 Å². The number of thioether (sulfide) groups is 1. The summed E-state index contributed by atoms with van der Waals surface area (Å²) in [6.07, 6.45) is 6.86. The highest BCUT2D eigenvalue weighted by atomic mass is 32.2. The molecule has 14 heteroatoms. The molecule has 3 N–H and O–H groups in total. The van der Waals surface area contributed by atoms with Crippen LogP contribution in [0.25, 0.3) is 22.3 Å². The molecular formula is C41H42N8O5S. The Morgan fingerprint density at radius 2 is 1.75 bits per heavy atom. The van der Waals surface area contributed by atoms with Crippen molar-refractivity contribution in [2.24, 2.45) is 0 Å². The quantitative estimate of drug-likeness (QED) is 0.0857. The number of benzene rings is 3. The van der Waals surface area contributed by atoms with E-state index in [0.717, 1.165) is 59.6 Å². The van der Waals surface area contributed by atoms with Crippen molar-refractivity contribution in [1.82, 2.24) is 34.9 Å². The highest BCUT2D eigenvalue weighted by molar-refractivity contribution is 7.99. The number of nitrogens with one attached hydrogen (secondary N) is 1. The molecule has 0 spiro atoms. The van der Waals surface area contributed by atoms with Crippen LogP contribution < -0.4 is 15.8 Å². The van der Waals surface area contributed by atoms with Crippen LogP contribution in [0, 0.1) is 0 Å². The first-order chi connectivity index (χ1) is 26.8. The summed E-state index contributed by atoms with van der Waals surface area (Å²) in [5.74, 6) is 1.96. The first-order valence-electron chi connectivity index (χ1n) is 18.8. The molecule has 2 fully saturated rings. The van der Waals surface area contributed by atoms with Crippen LogP contribution in [0.1, 0.15) is 73.3 Å². The number of hydrogen-bond acceptors (Lipinski definition) is 10. The second-order valence-electron chi connectivity index (χ2n) is 14.2. The van der Waals surface area contributed by atoms with Crippen LogP contribution in [0.5, 0.6) is 11.5 Å². The molecule has 282 valence electrons. The third-order valence-corrected chi connectivity index (χ3v) is 11.7. The van der Waals surface area contributed by atoms with Gasteiger partial charge in [-0.15, -0.1) is 11.8 Å². The second kappa shape index (κ2) is 15.9. The van der Waals surface area contributed by atoms with Gasteiger partial charge in [-0.25, -0.2) is 14.6 Å². The first-order valence-corrected chi connectivity index (χ1v) is 19.8. The fourth-order valence-electron chi connectivity index (χ4n) is 7.73. The summed E-state index contributed by atoms with van der Waals surface area (Å²) in [5.41, 5.74) is 10.2. The lowest BCUT2D eigenvalue weighted by molar-refractivity contribution is -0.137. The van der Waals surface area contributed by atoms with Gasteiger partial charge in [-0.2, -0.15) is 5.10 Å². The molecule has 2 aromatic heterocycles. The van der Waals surface area contributed by atoms with Crippen LogP contribution in [0.4, 0.5) is 5.82 Å². The summed E-state index contributed by atoms with van der Waals surface area (Å²) in [4.78, 5) is 64.1. The molecule has 0 aliphatic carbocycles. The number of carbonyl (C=O) groups excluding carboxylic acids is 4. The van der Waals surface area contributed by atoms with E-state index in [1.165, 1.54) is 6.33 Å². The number of para-hydroxylation sites is 1. The van der Waals surface area contributed by atoms with Gasteiger partial charge in [0.15, 0.2) is 5.65 Å². The van der Waals surface area contributed by atoms with Gasteiger partial charge in [0.25, 0.3) is 5.91 Å². The number of unbranched alkanes of at least 4 members (excludes halogenated alkanes) is 2. The monoisotopic (exact) mass is 758 g/mol. The van der Waals surface area contributed by atoms with E-state index in [9.17, 15) is 19.2 Å². The zero-order chi connectivity index (χ0) is 37.9. The Morgan fingerprint density at radius 1 is 0.927 bits per heavy atom. The van der Waals surface area contributed by atoms with Crippen LogP contribution in [-0.4, -0.2) is 78.1 Å². The number of aromatic nitrogens is 4. The number of nitrogen functional groups attached to an aromatic ring is 1. The third kappa shape index (κ3) is 7.63. The number of carbonyl (C=O) groups is 4. The molecule has 0 bridgehead atoms. The normalized spacial score (nSPS) is 18.4. The number of likely N-dealkylation sites (tertiary alicyclic amines) is 1. The lowest BCUT2D eigenvalue weighted by Crippen LogP contribution is -2.52. The maximum Gasteiger partial charge on any atom is 0.255 e. The van der Waals surface area contributed by atoms with Crippen LogP contribution in [0.15, 0.2) is 84.0 Å². The molecule has 4 amide bonds. The average Bonchev–Trinajstić information content (AvgIpc) is 3.76. The second-order valence-corrected chi connectivity index (χ2v) is 15.3. The largest absolute Gasteiger partial charge is 0.457 e. The minimum Gasteiger partial charge on any atom is -0.457 e. The lowest BCUT2D eigenvalue weighted by Gasteiger charge is -2.33. The molecule has 5 heterocycles. The number of amides is 4. The number of nitrogens with two attached hydrogens (primary N) is 1. The number of piperidine rings is 2. The summed E-state index contributed by atoms with van der Waals surface area (Å²) in [5, 5.41) is 8.09. The fourth-order valence-corrected chi connectivity index (χ4v) is 8.82. The van der Waals surface area contributed by atoms with Crippen molar-refractivity contribution in [3.8, 4) is 22.8 Å². The van der Waals surface area contributed by atoms with Crippen LogP contribution in [0.2, 0.25) is 0 Å². The van der Waals surface area contributed by atoms with Crippen molar-refractivity contribution in [3.05, 3.63) is 90.3 Å². The molecule has 3 aromatic carbocycles. The number of ether oxygens (including phenoxy) is 1. The Balaban J connectivity index is 0.846. The smallest absolute Gasteiger partial charge is 0.255 e. The van der Waals surface area contributed by atoms with E-state index in [4.69, 9.17) is 15.6 Å². The van der Waals surface area contributed by atoms with Crippen molar-refractivity contribution in [1.29, 1.82) is 0 Å². The fraction of sp³-hybridized carbons (Fsp3) is 0.341. The molecule has 13 nitrogen and oxygen atoms in total. The van der Waals surface area contributed by atoms with E-state index in [1.807, 2.05) is 82.4 Å². The molecular weight excluding hydrogens is 717 g/mol. The van der Waals surface area contributed by atoms with Crippen LogP contribution >= 0.6 is 11.8 Å². The number of rotatable bonds is 12. The highest BCUT2D eigenvalue weighted by Crippen LogP contribution is 2.37. The Hall–Kier alpha value is -5.76. The van der Waals surface area contributed by atoms with Crippen molar-refractivity contribution in [2.45, 2.75) is 74.9 Å². The number of imide groups is 1. The Labute approximate surface area is 322 Å². The van der Waals surface area contributed by atoms with Gasteiger partial charge in [-0.3, -0.25) is 24.5 Å². The number of nitrogens with zero attached hydrogens (tertiary/aromatic N) is 6. The Bertz CT molecular complexity index is 2250. The minimum absolute atomic E-state index is 0.0502. The highest BCUT2D eigenvalue weighted by Gasteiger charge is 2.40. The van der Waals surface area contributed by atoms with Gasteiger partial charge < -0.3 is 20.3 Å². The summed E-state index contributed by atoms with van der Waals surface area (Å²) < 4.78 is 7.90. The molecule has 8 rings (SSSR count). The van der Waals surface area contributed by atoms with E-state index in [0.29, 0.717) is 66.3 Å². The van der Waals surface area contributed by atoms with Crippen LogP contribution in [-0.2, 0) is 20.9 Å². The number of fused-ring (bicyclic) bond motifs is 2. The van der Waals surface area contributed by atoms with E-state index in [2.05, 4.69) is 15.3 Å². The first kappa shape index (κ1) is 36.2. The molecule has 0 saturated carbocycles. The number of hydrogen-bond donors (Lipinski definition) is 2. The van der Waals surface area contributed by atoms with E-state index < -0.39 is 11.9 Å². The molecule has 1 unspecified atom stereocenters. The van der Waals surface area contributed by atoms with E-state index >= 15 is 0 Å². The SMILES string of the molecule is Nc1ncnc2c1c(-c1ccc(Oc3ccccc3)cc1)nn2[C@@H]1CCCN(C(=O)CCCCCSc2cccc3c2CN(C2CCC(=O)NC2=O)C3=O)C1. The lowest BCUT2D eigenvalue weighted by atomic mass is 10.0. The zero-order valence-corrected chi connectivity index (χ0v) is 31.2. The molecule has 55 heavy (non-hydrogen) atoms. The summed E-state index contributed by atoms with van der Waals surface area (Å²) >= 11 is 1.70. The Kier molecular flexibility index (Phi) is 10.5. The molecule has 2 atom stereocenters. The summed E-state index contributed by atoms with van der Waals surface area (Å²) in [6, 6.07) is 22.4. The van der Waals surface area contributed by atoms with Gasteiger partial charge in [-0.1, -0.05) is 30.7 Å². The predicted molar refractivity (Wildman–Crippen MR) is 208 cm³/mol. The average molecular weight is 759 g/mol. The third-order valence-electron chi connectivity index (χ3n) is 10.6. The van der Waals surface area contributed by atoms with Crippen LogP contribution in [0.3, 0.4) is 0 Å². The Morgan fingerprint density at radius 3 is 2.56 bits per heavy atom. The maximum atomic E-state index is 13.4. The van der Waals surface area contributed by atoms with Crippen molar-refractivity contribution < 1.29 is 23.9 Å². The van der Waals surface area contributed by atoms with Crippen molar-refractivity contribution in [3.63, 3.8) is 0 Å². The zero-order valence-electron chi connectivity index (χ0n) is 30.4. The molecule has 5 aromatic rings.